The van der Waals surface area contributed by atoms with Gasteiger partial charge >= 0.3 is 11.9 Å². The lowest BCUT2D eigenvalue weighted by atomic mass is 9.96. The minimum atomic E-state index is -0.841. The van der Waals surface area contributed by atoms with Crippen LogP contribution in [0.25, 0.3) is 0 Å². The van der Waals surface area contributed by atoms with Gasteiger partial charge in [0.15, 0.2) is 0 Å². The summed E-state index contributed by atoms with van der Waals surface area (Å²) >= 11 is 0. The normalized spacial score (nSPS) is 27.5. The van der Waals surface area contributed by atoms with Gasteiger partial charge in [0.1, 0.15) is 6.61 Å². The van der Waals surface area contributed by atoms with Gasteiger partial charge in [0.05, 0.1) is 12.0 Å². The highest BCUT2D eigenvalue weighted by Crippen LogP contribution is 2.56. The standard InChI is InChI=1S/C11H18O5/c1-8-7-11(8,4-2-3-9(13)14)10(15)16-6-5-12/h8,12H,2-7H2,1H3,(H,13,14). The fraction of sp³-hybridized carbons (Fsp3) is 0.818. The van der Waals surface area contributed by atoms with Gasteiger partial charge in [-0.05, 0) is 25.2 Å². The molecule has 1 rings (SSSR count). The van der Waals surface area contributed by atoms with Crippen molar-refractivity contribution < 1.29 is 24.5 Å². The molecule has 0 aromatic rings. The molecule has 1 saturated carbocycles. The van der Waals surface area contributed by atoms with E-state index in [1.54, 1.807) is 0 Å². The maximum absolute atomic E-state index is 11.7. The molecule has 2 atom stereocenters. The van der Waals surface area contributed by atoms with Gasteiger partial charge in [-0.25, -0.2) is 0 Å². The molecule has 0 spiro atoms. The van der Waals surface area contributed by atoms with Crippen molar-refractivity contribution in [3.63, 3.8) is 0 Å². The summed E-state index contributed by atoms with van der Waals surface area (Å²) in [6, 6.07) is 0. The summed E-state index contributed by atoms with van der Waals surface area (Å²) in [7, 11) is 0. The van der Waals surface area contributed by atoms with Crippen molar-refractivity contribution in [2.24, 2.45) is 11.3 Å². The van der Waals surface area contributed by atoms with E-state index in [0.29, 0.717) is 12.8 Å². The number of carboxylic acids is 1. The van der Waals surface area contributed by atoms with Gasteiger partial charge in [0.25, 0.3) is 0 Å². The van der Waals surface area contributed by atoms with Crippen molar-refractivity contribution in [1.29, 1.82) is 0 Å². The molecule has 92 valence electrons. The quantitative estimate of drug-likeness (QED) is 0.632. The van der Waals surface area contributed by atoms with E-state index in [9.17, 15) is 9.59 Å². The SMILES string of the molecule is CC1CC1(CCCC(=O)O)C(=O)OCCO. The lowest BCUT2D eigenvalue weighted by Gasteiger charge is -2.14. The van der Waals surface area contributed by atoms with Gasteiger partial charge in [0, 0.05) is 6.42 Å². The molecule has 1 fully saturated rings. The van der Waals surface area contributed by atoms with Crippen LogP contribution in [0.2, 0.25) is 0 Å². The molecule has 0 aromatic heterocycles. The summed E-state index contributed by atoms with van der Waals surface area (Å²) in [6.45, 7) is 1.80. The number of aliphatic hydroxyl groups excluding tert-OH is 1. The van der Waals surface area contributed by atoms with E-state index >= 15 is 0 Å². The molecule has 2 N–H and O–H groups in total. The van der Waals surface area contributed by atoms with Crippen LogP contribution < -0.4 is 0 Å². The molecule has 0 radical (unpaired) electrons. The molecule has 2 unspecified atom stereocenters. The zero-order chi connectivity index (χ0) is 12.2. The van der Waals surface area contributed by atoms with Crippen LogP contribution in [-0.2, 0) is 14.3 Å². The number of ether oxygens (including phenoxy) is 1. The monoisotopic (exact) mass is 230 g/mol. The second kappa shape index (κ2) is 5.30. The Labute approximate surface area is 94.4 Å². The smallest absolute Gasteiger partial charge is 0.312 e. The van der Waals surface area contributed by atoms with Crippen molar-refractivity contribution in [3.8, 4) is 0 Å². The van der Waals surface area contributed by atoms with E-state index in [-0.39, 0.29) is 31.5 Å². The Kier molecular flexibility index (Phi) is 4.29. The zero-order valence-electron chi connectivity index (χ0n) is 9.44. The van der Waals surface area contributed by atoms with Crippen LogP contribution in [0, 0.1) is 11.3 Å². The third-order valence-corrected chi connectivity index (χ3v) is 3.20. The lowest BCUT2D eigenvalue weighted by Crippen LogP contribution is -2.22. The first-order valence-electron chi connectivity index (χ1n) is 5.53. The number of aliphatic carboxylic acids is 1. The molecule has 0 amide bonds. The molecular weight excluding hydrogens is 212 g/mol. The Morgan fingerprint density at radius 1 is 1.50 bits per heavy atom. The molecule has 0 saturated heterocycles. The molecule has 0 bridgehead atoms. The summed E-state index contributed by atoms with van der Waals surface area (Å²) in [5, 5.41) is 17.1. The van der Waals surface area contributed by atoms with Crippen LogP contribution in [0.5, 0.6) is 0 Å². The maximum atomic E-state index is 11.7. The first kappa shape index (κ1) is 13.0. The van der Waals surface area contributed by atoms with Gasteiger partial charge in [-0.3, -0.25) is 9.59 Å². The molecular formula is C11H18O5. The van der Waals surface area contributed by atoms with Gasteiger partial charge < -0.3 is 14.9 Å². The summed E-state index contributed by atoms with van der Waals surface area (Å²) < 4.78 is 4.91. The van der Waals surface area contributed by atoms with E-state index in [2.05, 4.69) is 0 Å². The average molecular weight is 230 g/mol. The van der Waals surface area contributed by atoms with Crippen LogP contribution in [0.15, 0.2) is 0 Å². The Morgan fingerprint density at radius 3 is 2.56 bits per heavy atom. The Hall–Kier alpha value is -1.10. The van der Waals surface area contributed by atoms with E-state index in [1.165, 1.54) is 0 Å². The van der Waals surface area contributed by atoms with Gasteiger partial charge in [0.2, 0.25) is 0 Å². The molecule has 0 aromatic carbocycles. The largest absolute Gasteiger partial charge is 0.481 e. The number of hydrogen-bond acceptors (Lipinski definition) is 4. The zero-order valence-corrected chi connectivity index (χ0v) is 9.44. The summed E-state index contributed by atoms with van der Waals surface area (Å²) in [4.78, 5) is 22.1. The topological polar surface area (TPSA) is 83.8 Å². The Balaban J connectivity index is 2.39. The first-order valence-corrected chi connectivity index (χ1v) is 5.53. The number of hydrogen-bond donors (Lipinski definition) is 2. The van der Waals surface area contributed by atoms with E-state index in [1.807, 2.05) is 6.92 Å². The summed E-state index contributed by atoms with van der Waals surface area (Å²) in [6.07, 6.45) is 1.90. The van der Waals surface area contributed by atoms with Crippen LogP contribution in [-0.4, -0.2) is 35.4 Å². The van der Waals surface area contributed by atoms with Crippen LogP contribution >= 0.6 is 0 Å². The van der Waals surface area contributed by atoms with Gasteiger partial charge in [-0.2, -0.15) is 0 Å². The maximum Gasteiger partial charge on any atom is 0.312 e. The number of esters is 1. The molecule has 5 heteroatoms. The second-order valence-corrected chi connectivity index (χ2v) is 4.37. The number of carbonyl (C=O) groups excluding carboxylic acids is 1. The second-order valence-electron chi connectivity index (χ2n) is 4.37. The molecule has 0 heterocycles. The van der Waals surface area contributed by atoms with Gasteiger partial charge in [-0.15, -0.1) is 0 Å². The van der Waals surface area contributed by atoms with Crippen molar-refractivity contribution in [2.45, 2.75) is 32.6 Å². The third kappa shape index (κ3) is 2.95. The number of rotatable bonds is 7. The minimum Gasteiger partial charge on any atom is -0.481 e. The first-order chi connectivity index (χ1) is 7.53. The lowest BCUT2D eigenvalue weighted by molar-refractivity contribution is -0.152. The third-order valence-electron chi connectivity index (χ3n) is 3.20. The molecule has 1 aliphatic carbocycles. The average Bonchev–Trinajstić information content (AvgIpc) is 2.86. The van der Waals surface area contributed by atoms with E-state index < -0.39 is 11.4 Å². The molecule has 16 heavy (non-hydrogen) atoms. The number of carboxylic acid groups (broad SMARTS) is 1. The highest BCUT2D eigenvalue weighted by Gasteiger charge is 2.57. The predicted molar refractivity (Wildman–Crippen MR) is 55.7 cm³/mol. The predicted octanol–water partition coefficient (Wildman–Crippen LogP) is 0.803. The van der Waals surface area contributed by atoms with Crippen LogP contribution in [0.3, 0.4) is 0 Å². The van der Waals surface area contributed by atoms with Crippen molar-refractivity contribution in [1.82, 2.24) is 0 Å². The van der Waals surface area contributed by atoms with Crippen LogP contribution in [0.1, 0.15) is 32.6 Å². The summed E-state index contributed by atoms with van der Waals surface area (Å²) in [5.74, 6) is -0.876. The van der Waals surface area contributed by atoms with Gasteiger partial charge in [-0.1, -0.05) is 6.92 Å². The van der Waals surface area contributed by atoms with E-state index in [4.69, 9.17) is 14.9 Å². The number of carbonyl (C=O) groups is 2. The Bertz CT molecular complexity index is 276. The van der Waals surface area contributed by atoms with Crippen molar-refractivity contribution in [3.05, 3.63) is 0 Å². The van der Waals surface area contributed by atoms with Crippen LogP contribution in [0.4, 0.5) is 0 Å². The summed E-state index contributed by atoms with van der Waals surface area (Å²) in [5.41, 5.74) is -0.482. The molecule has 1 aliphatic rings. The van der Waals surface area contributed by atoms with Crippen molar-refractivity contribution in [2.75, 3.05) is 13.2 Å². The Morgan fingerprint density at radius 2 is 2.12 bits per heavy atom. The highest BCUT2D eigenvalue weighted by molar-refractivity contribution is 5.80. The van der Waals surface area contributed by atoms with E-state index in [0.717, 1.165) is 6.42 Å². The molecule has 5 nitrogen and oxygen atoms in total. The van der Waals surface area contributed by atoms with Crippen molar-refractivity contribution >= 4 is 11.9 Å². The fourth-order valence-corrected chi connectivity index (χ4v) is 2.06. The number of aliphatic hydroxyl groups is 1. The highest BCUT2D eigenvalue weighted by atomic mass is 16.5. The minimum absolute atomic E-state index is 0.0201. The molecule has 0 aliphatic heterocycles. The fourth-order valence-electron chi connectivity index (χ4n) is 2.06.